The summed E-state index contributed by atoms with van der Waals surface area (Å²) in [4.78, 5) is 25.0. The van der Waals surface area contributed by atoms with Crippen LogP contribution in [0.15, 0.2) is 24.3 Å². The first-order valence-corrected chi connectivity index (χ1v) is 7.36. The number of nitrogens with one attached hydrogen (secondary N) is 1. The maximum Gasteiger partial charge on any atom is 0.223 e. The zero-order valence-electron chi connectivity index (χ0n) is 12.3. The summed E-state index contributed by atoms with van der Waals surface area (Å²) in [7, 11) is 1.75. The second kappa shape index (κ2) is 7.11. The van der Waals surface area contributed by atoms with Crippen LogP contribution in [-0.2, 0) is 16.1 Å². The Hall–Kier alpha value is -2.04. The first-order valence-electron chi connectivity index (χ1n) is 7.36. The summed E-state index contributed by atoms with van der Waals surface area (Å²) in [5, 5.41) is 12.2. The van der Waals surface area contributed by atoms with Crippen molar-refractivity contribution in [2.75, 3.05) is 13.6 Å². The molecule has 2 amide bonds. The van der Waals surface area contributed by atoms with Gasteiger partial charge in [0.05, 0.1) is 0 Å². The molecule has 0 aliphatic heterocycles. The molecule has 0 aromatic heterocycles. The number of carbonyl (C=O) groups is 2. The van der Waals surface area contributed by atoms with E-state index in [-0.39, 0.29) is 23.5 Å². The molecule has 1 fully saturated rings. The van der Waals surface area contributed by atoms with Gasteiger partial charge in [-0.15, -0.1) is 0 Å². The maximum atomic E-state index is 12.0. The molecule has 1 saturated carbocycles. The van der Waals surface area contributed by atoms with Crippen LogP contribution in [0, 0.1) is 5.92 Å². The number of amides is 2. The van der Waals surface area contributed by atoms with Gasteiger partial charge in [0.25, 0.3) is 0 Å². The molecular weight excluding hydrogens is 268 g/mol. The van der Waals surface area contributed by atoms with Crippen molar-refractivity contribution in [3.63, 3.8) is 0 Å². The zero-order chi connectivity index (χ0) is 15.2. The molecule has 0 radical (unpaired) electrons. The number of aromatic hydroxyl groups is 1. The summed E-state index contributed by atoms with van der Waals surface area (Å²) in [5.74, 6) is 0.583. The lowest BCUT2D eigenvalue weighted by Gasteiger charge is -2.17. The first kappa shape index (κ1) is 15.4. The molecule has 114 valence electrons. The second-order valence-corrected chi connectivity index (χ2v) is 5.59. The van der Waals surface area contributed by atoms with Crippen molar-refractivity contribution in [1.29, 1.82) is 0 Å². The van der Waals surface area contributed by atoms with Crippen LogP contribution in [0.1, 0.15) is 31.2 Å². The first-order chi connectivity index (χ1) is 10.1. The third-order valence-electron chi connectivity index (χ3n) is 3.57. The summed E-state index contributed by atoms with van der Waals surface area (Å²) in [6.45, 7) is 1.03. The highest BCUT2D eigenvalue weighted by Gasteiger charge is 2.29. The highest BCUT2D eigenvalue weighted by molar-refractivity contribution is 5.81. The Kier molecular flexibility index (Phi) is 5.20. The summed E-state index contributed by atoms with van der Waals surface area (Å²) < 4.78 is 0. The molecule has 0 spiro atoms. The van der Waals surface area contributed by atoms with Gasteiger partial charge in [-0.3, -0.25) is 9.59 Å². The number of phenols is 1. The molecule has 5 nitrogen and oxygen atoms in total. The molecule has 21 heavy (non-hydrogen) atoms. The molecule has 1 aromatic rings. The molecule has 1 aliphatic carbocycles. The quantitative estimate of drug-likeness (QED) is 0.750. The number of phenolic OH excluding ortho intramolecular Hbond substituents is 1. The van der Waals surface area contributed by atoms with E-state index in [4.69, 9.17) is 0 Å². The number of nitrogens with zero attached hydrogens (tertiary/aromatic N) is 1. The standard InChI is InChI=1S/C16H22N2O3/c1-18(11-12-4-2-5-14(19)10-12)15(20)6-3-9-17-16(21)13-7-8-13/h2,4-5,10,13,19H,3,6-9,11H2,1H3,(H,17,21). The number of carbonyl (C=O) groups excluding carboxylic acids is 2. The van der Waals surface area contributed by atoms with Gasteiger partial charge in [0, 0.05) is 32.5 Å². The molecule has 0 saturated heterocycles. The lowest BCUT2D eigenvalue weighted by Crippen LogP contribution is -2.29. The third-order valence-corrected chi connectivity index (χ3v) is 3.57. The molecule has 0 heterocycles. The van der Waals surface area contributed by atoms with Gasteiger partial charge < -0.3 is 15.3 Å². The van der Waals surface area contributed by atoms with E-state index in [1.165, 1.54) is 0 Å². The van der Waals surface area contributed by atoms with Crippen molar-refractivity contribution in [2.24, 2.45) is 5.92 Å². The number of rotatable bonds is 7. The van der Waals surface area contributed by atoms with Gasteiger partial charge in [-0.1, -0.05) is 12.1 Å². The molecular formula is C16H22N2O3. The van der Waals surface area contributed by atoms with Crippen molar-refractivity contribution >= 4 is 11.8 Å². The smallest absolute Gasteiger partial charge is 0.223 e. The number of benzene rings is 1. The van der Waals surface area contributed by atoms with Crippen molar-refractivity contribution in [1.82, 2.24) is 10.2 Å². The fraction of sp³-hybridized carbons (Fsp3) is 0.500. The van der Waals surface area contributed by atoms with Gasteiger partial charge in [-0.25, -0.2) is 0 Å². The van der Waals surface area contributed by atoms with Crippen LogP contribution in [0.3, 0.4) is 0 Å². The monoisotopic (exact) mass is 290 g/mol. The molecule has 5 heteroatoms. The van der Waals surface area contributed by atoms with Crippen LogP contribution >= 0.6 is 0 Å². The van der Waals surface area contributed by atoms with Crippen molar-refractivity contribution in [3.05, 3.63) is 29.8 Å². The molecule has 0 atom stereocenters. The van der Waals surface area contributed by atoms with Crippen LogP contribution in [0.25, 0.3) is 0 Å². The van der Waals surface area contributed by atoms with Gasteiger partial charge >= 0.3 is 0 Å². The van der Waals surface area contributed by atoms with Crippen LogP contribution in [0.4, 0.5) is 0 Å². The van der Waals surface area contributed by atoms with Crippen molar-refractivity contribution in [2.45, 2.75) is 32.2 Å². The van der Waals surface area contributed by atoms with E-state index in [1.807, 2.05) is 6.07 Å². The van der Waals surface area contributed by atoms with Gasteiger partial charge in [-0.05, 0) is 37.0 Å². The fourth-order valence-electron chi connectivity index (χ4n) is 2.15. The molecule has 0 unspecified atom stereocenters. The summed E-state index contributed by atoms with van der Waals surface area (Å²) in [5.41, 5.74) is 0.896. The maximum absolute atomic E-state index is 12.0. The Labute approximate surface area is 125 Å². The largest absolute Gasteiger partial charge is 0.508 e. The van der Waals surface area contributed by atoms with E-state index >= 15 is 0 Å². The van der Waals surface area contributed by atoms with Crippen LogP contribution in [-0.4, -0.2) is 35.4 Å². The lowest BCUT2D eigenvalue weighted by atomic mass is 10.2. The minimum Gasteiger partial charge on any atom is -0.508 e. The van der Waals surface area contributed by atoms with Gasteiger partial charge in [-0.2, -0.15) is 0 Å². The third kappa shape index (κ3) is 5.10. The summed E-state index contributed by atoms with van der Waals surface area (Å²) in [6.07, 6.45) is 3.07. The Balaban J connectivity index is 1.66. The second-order valence-electron chi connectivity index (χ2n) is 5.59. The zero-order valence-corrected chi connectivity index (χ0v) is 12.3. The van der Waals surface area contributed by atoms with Gasteiger partial charge in [0.2, 0.25) is 11.8 Å². The van der Waals surface area contributed by atoms with Gasteiger partial charge in [0.15, 0.2) is 0 Å². The van der Waals surface area contributed by atoms with Crippen molar-refractivity contribution < 1.29 is 14.7 Å². The SMILES string of the molecule is CN(Cc1cccc(O)c1)C(=O)CCCNC(=O)C1CC1. The Morgan fingerprint density at radius 1 is 1.38 bits per heavy atom. The van der Waals surface area contributed by atoms with Gasteiger partial charge in [0.1, 0.15) is 5.75 Å². The number of hydrogen-bond acceptors (Lipinski definition) is 3. The predicted octanol–water partition coefficient (Wildman–Crippen LogP) is 1.66. The highest BCUT2D eigenvalue weighted by Crippen LogP contribution is 2.28. The fourth-order valence-corrected chi connectivity index (χ4v) is 2.15. The minimum absolute atomic E-state index is 0.0408. The average molecular weight is 290 g/mol. The molecule has 1 aromatic carbocycles. The summed E-state index contributed by atoms with van der Waals surface area (Å²) in [6, 6.07) is 6.89. The molecule has 2 rings (SSSR count). The topological polar surface area (TPSA) is 69.6 Å². The molecule has 2 N–H and O–H groups in total. The van der Waals surface area contributed by atoms with E-state index < -0.39 is 0 Å². The van der Waals surface area contributed by atoms with E-state index in [1.54, 1.807) is 30.1 Å². The molecule has 0 bridgehead atoms. The van der Waals surface area contributed by atoms with Crippen LogP contribution in [0.2, 0.25) is 0 Å². The predicted molar refractivity (Wildman–Crippen MR) is 79.5 cm³/mol. The van der Waals surface area contributed by atoms with Crippen LogP contribution in [0.5, 0.6) is 5.75 Å². The Morgan fingerprint density at radius 2 is 2.14 bits per heavy atom. The lowest BCUT2D eigenvalue weighted by molar-refractivity contribution is -0.130. The normalized spacial score (nSPS) is 13.8. The average Bonchev–Trinajstić information content (AvgIpc) is 3.27. The van der Waals surface area contributed by atoms with E-state index in [9.17, 15) is 14.7 Å². The summed E-state index contributed by atoms with van der Waals surface area (Å²) >= 11 is 0. The van der Waals surface area contributed by atoms with Crippen LogP contribution < -0.4 is 5.32 Å². The molecule has 1 aliphatic rings. The number of hydrogen-bond donors (Lipinski definition) is 2. The van der Waals surface area contributed by atoms with E-state index in [2.05, 4.69) is 5.32 Å². The Bertz CT molecular complexity index is 512. The minimum atomic E-state index is 0.0408. The van der Waals surface area contributed by atoms with E-state index in [0.29, 0.717) is 25.9 Å². The highest BCUT2D eigenvalue weighted by atomic mass is 16.3. The van der Waals surface area contributed by atoms with E-state index in [0.717, 1.165) is 18.4 Å². The Morgan fingerprint density at radius 3 is 2.81 bits per heavy atom. The van der Waals surface area contributed by atoms with Crippen molar-refractivity contribution in [3.8, 4) is 5.75 Å².